The largest absolute Gasteiger partial charge is 0.338 e. The van der Waals surface area contributed by atoms with Crippen molar-refractivity contribution in [3.63, 3.8) is 0 Å². The number of rotatable bonds is 5. The molecule has 0 spiro atoms. The Morgan fingerprint density at radius 1 is 1.22 bits per heavy atom. The Balaban J connectivity index is 1.90. The molecule has 0 saturated carbocycles. The number of carbonyl (C=O) groups is 1. The highest BCUT2D eigenvalue weighted by Crippen LogP contribution is 2.29. The van der Waals surface area contributed by atoms with Gasteiger partial charge in [-0.15, -0.1) is 0 Å². The molecule has 1 heterocycles. The Hall–Kier alpha value is -1.56. The maximum atomic E-state index is 12.1. The Labute approximate surface area is 138 Å². The van der Waals surface area contributed by atoms with E-state index in [9.17, 15) is 13.2 Å². The molecule has 0 aromatic heterocycles. The first-order valence-electron chi connectivity index (χ1n) is 7.94. The van der Waals surface area contributed by atoms with Crippen LogP contribution in [0, 0.1) is 11.3 Å². The van der Waals surface area contributed by atoms with E-state index in [0.717, 1.165) is 12.0 Å². The highest BCUT2D eigenvalue weighted by Gasteiger charge is 2.33. The van der Waals surface area contributed by atoms with E-state index < -0.39 is 9.84 Å². The van der Waals surface area contributed by atoms with Crippen molar-refractivity contribution >= 4 is 15.9 Å². The molecule has 2 rings (SSSR count). The van der Waals surface area contributed by atoms with E-state index in [2.05, 4.69) is 31.4 Å². The maximum absolute atomic E-state index is 12.1. The van der Waals surface area contributed by atoms with Crippen LogP contribution in [-0.4, -0.2) is 32.5 Å². The van der Waals surface area contributed by atoms with Crippen LogP contribution in [0.2, 0.25) is 0 Å². The lowest BCUT2D eigenvalue weighted by molar-refractivity contribution is 0.229. The van der Waals surface area contributed by atoms with Crippen LogP contribution in [0.4, 0.5) is 4.79 Å². The van der Waals surface area contributed by atoms with Crippen LogP contribution in [-0.2, 0) is 9.84 Å². The summed E-state index contributed by atoms with van der Waals surface area (Å²) in [5.41, 5.74) is 1.15. The predicted octanol–water partition coefficient (Wildman–Crippen LogP) is 2.51. The smallest absolute Gasteiger partial charge is 0.315 e. The number of urea groups is 1. The average molecular weight is 338 g/mol. The molecule has 128 valence electrons. The fraction of sp³-hybridized carbons (Fsp3) is 0.588. The van der Waals surface area contributed by atoms with Crippen LogP contribution >= 0.6 is 0 Å². The molecule has 1 fully saturated rings. The molecule has 1 unspecified atom stereocenters. The van der Waals surface area contributed by atoms with Crippen molar-refractivity contribution in [2.75, 3.05) is 18.1 Å². The molecule has 0 bridgehead atoms. The fourth-order valence-corrected chi connectivity index (χ4v) is 4.36. The number of hydrogen-bond donors (Lipinski definition) is 2. The third kappa shape index (κ3) is 5.86. The molecule has 1 aliphatic rings. The number of carbonyl (C=O) groups excluding carboxylic acids is 1. The molecule has 1 saturated heterocycles. The van der Waals surface area contributed by atoms with Crippen molar-refractivity contribution in [1.82, 2.24) is 10.6 Å². The second kappa shape index (κ2) is 6.91. The molecule has 1 aromatic rings. The van der Waals surface area contributed by atoms with Gasteiger partial charge in [0.15, 0.2) is 9.84 Å². The van der Waals surface area contributed by atoms with Gasteiger partial charge in [-0.25, -0.2) is 13.2 Å². The Morgan fingerprint density at radius 2 is 1.83 bits per heavy atom. The zero-order valence-electron chi connectivity index (χ0n) is 14.0. The lowest BCUT2D eigenvalue weighted by atomic mass is 9.85. The molecule has 0 radical (unpaired) electrons. The van der Waals surface area contributed by atoms with Crippen LogP contribution in [0.15, 0.2) is 30.3 Å². The lowest BCUT2D eigenvalue weighted by Gasteiger charge is -2.29. The molecule has 1 aromatic carbocycles. The van der Waals surface area contributed by atoms with Crippen molar-refractivity contribution in [1.29, 1.82) is 0 Å². The molecular weight excluding hydrogens is 312 g/mol. The van der Waals surface area contributed by atoms with Gasteiger partial charge in [-0.1, -0.05) is 51.1 Å². The standard InChI is InChI=1S/C17H26N2O3S/c1-17(2,3)9-15(14-7-5-4-6-8-14)19-16(20)18-10-13-11-23(21,22)12-13/h4-8,13,15H,9-12H2,1-3H3,(H2,18,19,20). The first kappa shape index (κ1) is 17.8. The molecule has 0 aliphatic carbocycles. The molecular formula is C17H26N2O3S. The summed E-state index contributed by atoms with van der Waals surface area (Å²) in [6, 6.07) is 9.58. The second-order valence-corrected chi connectivity index (χ2v) is 9.68. The van der Waals surface area contributed by atoms with Gasteiger partial charge >= 0.3 is 6.03 Å². The van der Waals surface area contributed by atoms with Crippen molar-refractivity contribution in [2.45, 2.75) is 33.2 Å². The summed E-state index contributed by atoms with van der Waals surface area (Å²) >= 11 is 0. The van der Waals surface area contributed by atoms with Gasteiger partial charge in [-0.2, -0.15) is 0 Å². The number of sulfone groups is 1. The van der Waals surface area contributed by atoms with E-state index in [1.54, 1.807) is 0 Å². The quantitative estimate of drug-likeness (QED) is 0.866. The van der Waals surface area contributed by atoms with Crippen molar-refractivity contribution in [3.05, 3.63) is 35.9 Å². The SMILES string of the molecule is CC(C)(C)CC(NC(=O)NCC1CS(=O)(=O)C1)c1ccccc1. The molecule has 6 heteroatoms. The Bertz CT molecular complexity index is 624. The lowest BCUT2D eigenvalue weighted by Crippen LogP contribution is -2.47. The van der Waals surface area contributed by atoms with E-state index in [-0.39, 0.29) is 34.9 Å². The Kier molecular flexibility index (Phi) is 5.34. The van der Waals surface area contributed by atoms with E-state index >= 15 is 0 Å². The summed E-state index contributed by atoms with van der Waals surface area (Å²) in [5, 5.41) is 5.81. The molecule has 1 aliphatic heterocycles. The number of hydrogen-bond acceptors (Lipinski definition) is 3. The van der Waals surface area contributed by atoms with Gasteiger partial charge in [0.2, 0.25) is 0 Å². The summed E-state index contributed by atoms with van der Waals surface area (Å²) in [5.74, 6) is 0.401. The van der Waals surface area contributed by atoms with Crippen molar-refractivity contribution < 1.29 is 13.2 Å². The maximum Gasteiger partial charge on any atom is 0.315 e. The second-order valence-electron chi connectivity index (χ2n) is 7.53. The molecule has 5 nitrogen and oxygen atoms in total. The van der Waals surface area contributed by atoms with E-state index in [0.29, 0.717) is 6.54 Å². The fourth-order valence-electron chi connectivity index (χ4n) is 2.78. The summed E-state index contributed by atoms with van der Waals surface area (Å²) in [7, 11) is -2.84. The normalized spacial score (nSPS) is 18.7. The summed E-state index contributed by atoms with van der Waals surface area (Å²) in [6.07, 6.45) is 0.822. The highest BCUT2D eigenvalue weighted by atomic mass is 32.2. The monoisotopic (exact) mass is 338 g/mol. The topological polar surface area (TPSA) is 75.3 Å². The highest BCUT2D eigenvalue weighted by molar-refractivity contribution is 7.92. The van der Waals surface area contributed by atoms with E-state index in [1.165, 1.54) is 0 Å². The van der Waals surface area contributed by atoms with Gasteiger partial charge in [-0.05, 0) is 17.4 Å². The van der Waals surface area contributed by atoms with Crippen molar-refractivity contribution in [2.24, 2.45) is 11.3 Å². The molecule has 1 atom stereocenters. The summed E-state index contributed by atoms with van der Waals surface area (Å²) < 4.78 is 22.3. The first-order chi connectivity index (χ1) is 10.6. The summed E-state index contributed by atoms with van der Waals surface area (Å²) in [4.78, 5) is 12.1. The number of amides is 2. The summed E-state index contributed by atoms with van der Waals surface area (Å²) in [6.45, 7) is 6.83. The van der Waals surface area contributed by atoms with Gasteiger partial charge < -0.3 is 10.6 Å². The van der Waals surface area contributed by atoms with Gasteiger partial charge in [0.1, 0.15) is 0 Å². The van der Waals surface area contributed by atoms with Gasteiger partial charge in [0, 0.05) is 12.5 Å². The van der Waals surface area contributed by atoms with Crippen LogP contribution in [0.3, 0.4) is 0 Å². The van der Waals surface area contributed by atoms with Crippen LogP contribution in [0.5, 0.6) is 0 Å². The molecule has 2 N–H and O–H groups in total. The van der Waals surface area contributed by atoms with Gasteiger partial charge in [0.25, 0.3) is 0 Å². The predicted molar refractivity (Wildman–Crippen MR) is 91.9 cm³/mol. The number of nitrogens with one attached hydrogen (secondary N) is 2. The van der Waals surface area contributed by atoms with E-state index in [1.807, 2.05) is 30.3 Å². The van der Waals surface area contributed by atoms with Crippen LogP contribution < -0.4 is 10.6 Å². The van der Waals surface area contributed by atoms with Gasteiger partial charge in [-0.3, -0.25) is 0 Å². The van der Waals surface area contributed by atoms with Crippen LogP contribution in [0.1, 0.15) is 38.8 Å². The third-order valence-corrected chi connectivity index (χ3v) is 5.81. The zero-order chi connectivity index (χ0) is 17.1. The minimum Gasteiger partial charge on any atom is -0.338 e. The Morgan fingerprint density at radius 3 is 2.35 bits per heavy atom. The average Bonchev–Trinajstić information content (AvgIpc) is 2.41. The van der Waals surface area contributed by atoms with Gasteiger partial charge in [0.05, 0.1) is 17.5 Å². The zero-order valence-corrected chi connectivity index (χ0v) is 14.8. The third-order valence-electron chi connectivity index (χ3n) is 3.85. The minimum absolute atomic E-state index is 0.0449. The first-order valence-corrected chi connectivity index (χ1v) is 9.76. The van der Waals surface area contributed by atoms with Crippen molar-refractivity contribution in [3.8, 4) is 0 Å². The molecule has 2 amide bonds. The number of benzene rings is 1. The minimum atomic E-state index is -2.84. The van der Waals surface area contributed by atoms with E-state index in [4.69, 9.17) is 0 Å². The molecule has 23 heavy (non-hydrogen) atoms. The van der Waals surface area contributed by atoms with Crippen LogP contribution in [0.25, 0.3) is 0 Å².